The van der Waals surface area contributed by atoms with Crippen LogP contribution in [0.4, 0.5) is 0 Å². The highest BCUT2D eigenvalue weighted by molar-refractivity contribution is 7.94. The maximum atomic E-state index is 12.0. The quantitative estimate of drug-likeness (QED) is 0.906. The Balaban J connectivity index is 1.58. The van der Waals surface area contributed by atoms with E-state index in [9.17, 15) is 13.2 Å². The second kappa shape index (κ2) is 6.08. The van der Waals surface area contributed by atoms with E-state index < -0.39 is 15.9 Å². The molecule has 0 aromatic carbocycles. The van der Waals surface area contributed by atoms with Gasteiger partial charge in [-0.25, -0.2) is 13.4 Å². The number of sulfone groups is 1. The van der Waals surface area contributed by atoms with E-state index in [0.717, 1.165) is 18.2 Å². The number of nitrogens with zero attached hydrogens (tertiary/aromatic N) is 1. The monoisotopic (exact) mass is 322 g/mol. The van der Waals surface area contributed by atoms with Crippen molar-refractivity contribution in [3.8, 4) is 5.88 Å². The SMILES string of the molecule is O=C(NC1C=CS(=O)(=O)C1)c1ccc(OC2CCCC2)nc1. The molecule has 1 fully saturated rings. The molecule has 0 bridgehead atoms. The molecule has 1 atom stereocenters. The molecule has 6 nitrogen and oxygen atoms in total. The molecule has 22 heavy (non-hydrogen) atoms. The maximum Gasteiger partial charge on any atom is 0.253 e. The van der Waals surface area contributed by atoms with Gasteiger partial charge in [0.25, 0.3) is 5.91 Å². The lowest BCUT2D eigenvalue weighted by Crippen LogP contribution is -2.35. The zero-order valence-electron chi connectivity index (χ0n) is 12.1. The minimum absolute atomic E-state index is 0.0883. The van der Waals surface area contributed by atoms with Crippen LogP contribution in [0.2, 0.25) is 0 Å². The summed E-state index contributed by atoms with van der Waals surface area (Å²) in [6, 6.07) is 2.83. The number of carbonyl (C=O) groups excluding carboxylic acids is 1. The minimum atomic E-state index is -3.17. The number of hydrogen-bond acceptors (Lipinski definition) is 5. The summed E-state index contributed by atoms with van der Waals surface area (Å²) in [7, 11) is -3.17. The lowest BCUT2D eigenvalue weighted by molar-refractivity contribution is 0.0947. The molecule has 1 amide bonds. The fourth-order valence-corrected chi connectivity index (χ4v) is 3.91. The smallest absolute Gasteiger partial charge is 0.253 e. The Hall–Kier alpha value is -1.89. The molecule has 0 radical (unpaired) electrons. The molecule has 1 unspecified atom stereocenters. The third-order valence-electron chi connectivity index (χ3n) is 3.83. The van der Waals surface area contributed by atoms with Gasteiger partial charge in [-0.15, -0.1) is 0 Å². The Kier molecular flexibility index (Phi) is 4.15. The first kappa shape index (κ1) is 15.0. The third kappa shape index (κ3) is 3.65. The van der Waals surface area contributed by atoms with E-state index in [1.54, 1.807) is 12.1 Å². The van der Waals surface area contributed by atoms with Crippen molar-refractivity contribution >= 4 is 15.7 Å². The average Bonchev–Trinajstić information content (AvgIpc) is 3.09. The molecule has 1 aliphatic heterocycles. The Morgan fingerprint density at radius 1 is 1.27 bits per heavy atom. The molecular formula is C15H18N2O4S. The highest BCUT2D eigenvalue weighted by atomic mass is 32.2. The van der Waals surface area contributed by atoms with Gasteiger partial charge in [0.1, 0.15) is 6.10 Å². The molecule has 2 aliphatic rings. The molecule has 0 spiro atoms. The summed E-state index contributed by atoms with van der Waals surface area (Å²) in [5, 5.41) is 3.79. The van der Waals surface area contributed by atoms with Crippen LogP contribution in [0.3, 0.4) is 0 Å². The molecular weight excluding hydrogens is 304 g/mol. The Bertz CT molecular complexity index is 676. The van der Waals surface area contributed by atoms with Crippen molar-refractivity contribution < 1.29 is 17.9 Å². The standard InChI is InChI=1S/C15H18N2O4S/c18-15(17-12-7-8-22(19,20)10-12)11-5-6-14(16-9-11)21-13-3-1-2-4-13/h5-9,12-13H,1-4,10H2,(H,17,18). The molecule has 1 saturated carbocycles. The summed E-state index contributed by atoms with van der Waals surface area (Å²) < 4.78 is 28.3. The molecule has 1 aliphatic carbocycles. The van der Waals surface area contributed by atoms with E-state index in [1.807, 2.05) is 0 Å². The average molecular weight is 322 g/mol. The minimum Gasteiger partial charge on any atom is -0.474 e. The Morgan fingerprint density at radius 2 is 2.05 bits per heavy atom. The first-order valence-electron chi connectivity index (χ1n) is 7.36. The summed E-state index contributed by atoms with van der Waals surface area (Å²) >= 11 is 0. The van der Waals surface area contributed by atoms with Crippen molar-refractivity contribution in [1.82, 2.24) is 10.3 Å². The van der Waals surface area contributed by atoms with Crippen LogP contribution < -0.4 is 10.1 Å². The summed E-state index contributed by atoms with van der Waals surface area (Å²) in [5.41, 5.74) is 0.386. The van der Waals surface area contributed by atoms with E-state index in [4.69, 9.17) is 4.74 Å². The molecule has 2 heterocycles. The largest absolute Gasteiger partial charge is 0.474 e. The van der Waals surface area contributed by atoms with Crippen LogP contribution in [-0.4, -0.2) is 37.2 Å². The fourth-order valence-electron chi connectivity index (χ4n) is 2.68. The van der Waals surface area contributed by atoms with Crippen molar-refractivity contribution in [2.45, 2.75) is 37.8 Å². The zero-order valence-corrected chi connectivity index (χ0v) is 12.9. The van der Waals surface area contributed by atoms with Crippen molar-refractivity contribution in [2.75, 3.05) is 5.75 Å². The van der Waals surface area contributed by atoms with E-state index in [2.05, 4.69) is 10.3 Å². The van der Waals surface area contributed by atoms with Crippen molar-refractivity contribution in [3.63, 3.8) is 0 Å². The predicted octanol–water partition coefficient (Wildman–Crippen LogP) is 1.44. The van der Waals surface area contributed by atoms with E-state index >= 15 is 0 Å². The van der Waals surface area contributed by atoms with Crippen LogP contribution in [0.15, 0.2) is 29.8 Å². The summed E-state index contributed by atoms with van der Waals surface area (Å²) in [6.07, 6.45) is 7.62. The topological polar surface area (TPSA) is 85.4 Å². The van der Waals surface area contributed by atoms with Crippen LogP contribution >= 0.6 is 0 Å². The van der Waals surface area contributed by atoms with Crippen molar-refractivity contribution in [1.29, 1.82) is 0 Å². The van der Waals surface area contributed by atoms with E-state index in [1.165, 1.54) is 25.1 Å². The molecule has 1 aromatic rings. The first-order chi connectivity index (χ1) is 10.5. The van der Waals surface area contributed by atoms with Crippen LogP contribution in [-0.2, 0) is 9.84 Å². The van der Waals surface area contributed by atoms with Crippen LogP contribution in [0.25, 0.3) is 0 Å². The van der Waals surface area contributed by atoms with Crippen LogP contribution in [0, 0.1) is 0 Å². The van der Waals surface area contributed by atoms with Crippen molar-refractivity contribution in [3.05, 3.63) is 35.4 Å². The molecule has 0 saturated heterocycles. The normalized spacial score (nSPS) is 23.5. The van der Waals surface area contributed by atoms with Gasteiger partial charge in [0.15, 0.2) is 9.84 Å². The number of aromatic nitrogens is 1. The number of carbonyl (C=O) groups is 1. The summed E-state index contributed by atoms with van der Waals surface area (Å²) in [5.74, 6) is 0.0909. The molecule has 3 rings (SSSR count). The predicted molar refractivity (Wildman–Crippen MR) is 81.3 cm³/mol. The number of ether oxygens (including phenoxy) is 1. The number of hydrogen-bond donors (Lipinski definition) is 1. The molecule has 1 N–H and O–H groups in total. The highest BCUT2D eigenvalue weighted by Gasteiger charge is 2.23. The number of nitrogens with one attached hydrogen (secondary N) is 1. The summed E-state index contributed by atoms with van der Waals surface area (Å²) in [4.78, 5) is 16.2. The van der Waals surface area contributed by atoms with Gasteiger partial charge in [-0.2, -0.15) is 0 Å². The number of amides is 1. The molecule has 7 heteroatoms. The highest BCUT2D eigenvalue weighted by Crippen LogP contribution is 2.22. The van der Waals surface area contributed by atoms with Gasteiger partial charge in [0, 0.05) is 17.7 Å². The van der Waals surface area contributed by atoms with Gasteiger partial charge in [-0.05, 0) is 37.8 Å². The fraction of sp³-hybridized carbons (Fsp3) is 0.467. The number of pyridine rings is 1. The van der Waals surface area contributed by atoms with Gasteiger partial charge < -0.3 is 10.1 Å². The van der Waals surface area contributed by atoms with Gasteiger partial charge in [0.05, 0.1) is 17.4 Å². The molecule has 118 valence electrons. The first-order valence-corrected chi connectivity index (χ1v) is 9.08. The molecule has 1 aromatic heterocycles. The van der Waals surface area contributed by atoms with Crippen molar-refractivity contribution in [2.24, 2.45) is 0 Å². The zero-order chi connectivity index (χ0) is 15.6. The lowest BCUT2D eigenvalue weighted by atomic mass is 10.2. The van der Waals surface area contributed by atoms with E-state index in [0.29, 0.717) is 11.4 Å². The Labute approximate surface area is 129 Å². The Morgan fingerprint density at radius 3 is 2.64 bits per heavy atom. The second-order valence-electron chi connectivity index (χ2n) is 5.65. The van der Waals surface area contributed by atoms with Crippen LogP contribution in [0.1, 0.15) is 36.0 Å². The third-order valence-corrected chi connectivity index (χ3v) is 5.23. The van der Waals surface area contributed by atoms with Crippen LogP contribution in [0.5, 0.6) is 5.88 Å². The van der Waals surface area contributed by atoms with Gasteiger partial charge >= 0.3 is 0 Å². The second-order valence-corrected chi connectivity index (χ2v) is 7.58. The van der Waals surface area contributed by atoms with Gasteiger partial charge in [0.2, 0.25) is 5.88 Å². The number of rotatable bonds is 4. The maximum absolute atomic E-state index is 12.0. The van der Waals surface area contributed by atoms with Gasteiger partial charge in [-0.3, -0.25) is 4.79 Å². The lowest BCUT2D eigenvalue weighted by Gasteiger charge is -2.13. The van der Waals surface area contributed by atoms with Gasteiger partial charge in [-0.1, -0.05) is 0 Å². The van der Waals surface area contributed by atoms with E-state index in [-0.39, 0.29) is 17.8 Å². The summed E-state index contributed by atoms with van der Waals surface area (Å²) in [6.45, 7) is 0.